The van der Waals surface area contributed by atoms with Gasteiger partial charge >= 0.3 is 5.97 Å². The number of carboxylic acid groups (broad SMARTS) is 1. The van der Waals surface area contributed by atoms with Gasteiger partial charge in [0.15, 0.2) is 0 Å². The van der Waals surface area contributed by atoms with E-state index in [9.17, 15) is 18.3 Å². The molecule has 1 atom stereocenters. The van der Waals surface area contributed by atoms with E-state index in [2.05, 4.69) is 0 Å². The third-order valence-electron chi connectivity index (χ3n) is 3.30. The summed E-state index contributed by atoms with van der Waals surface area (Å²) < 4.78 is 28.6. The monoisotopic (exact) mass is 314 g/mol. The Morgan fingerprint density at radius 1 is 1.29 bits per heavy atom. The average molecular weight is 314 g/mol. The van der Waals surface area contributed by atoms with Gasteiger partial charge in [0.25, 0.3) is 0 Å². The lowest BCUT2D eigenvalue weighted by Gasteiger charge is -2.14. The van der Waals surface area contributed by atoms with Crippen molar-refractivity contribution in [3.8, 4) is 5.75 Å². The number of benzene rings is 1. The molecule has 0 spiro atoms. The minimum atomic E-state index is -3.16. The Balaban J connectivity index is 2.77. The summed E-state index contributed by atoms with van der Waals surface area (Å²) in [6, 6.07) is 7.19. The number of rotatable bonds is 9. The molecule has 0 radical (unpaired) electrons. The molecule has 1 unspecified atom stereocenters. The zero-order valence-corrected chi connectivity index (χ0v) is 13.2. The van der Waals surface area contributed by atoms with Crippen LogP contribution in [0, 0.1) is 5.92 Å². The summed E-state index contributed by atoms with van der Waals surface area (Å²) in [7, 11) is -1.63. The van der Waals surface area contributed by atoms with Crippen LogP contribution in [0.1, 0.15) is 25.3 Å². The predicted octanol–water partition coefficient (Wildman–Crippen LogP) is 2.15. The molecule has 0 saturated heterocycles. The quantitative estimate of drug-likeness (QED) is 0.755. The van der Waals surface area contributed by atoms with E-state index >= 15 is 0 Å². The molecule has 5 nitrogen and oxygen atoms in total. The summed E-state index contributed by atoms with van der Waals surface area (Å²) in [5.41, 5.74) is 0.778. The molecular formula is C15H22O5S. The van der Waals surface area contributed by atoms with Crippen molar-refractivity contribution in [3.05, 3.63) is 29.8 Å². The molecule has 21 heavy (non-hydrogen) atoms. The number of hydrogen-bond acceptors (Lipinski definition) is 4. The highest BCUT2D eigenvalue weighted by Gasteiger charge is 2.22. The van der Waals surface area contributed by atoms with Gasteiger partial charge in [-0.15, -0.1) is 0 Å². The van der Waals surface area contributed by atoms with Crippen LogP contribution in [-0.2, 0) is 21.1 Å². The van der Waals surface area contributed by atoms with Crippen LogP contribution in [0.15, 0.2) is 24.3 Å². The Labute approximate surface area is 125 Å². The zero-order valence-electron chi connectivity index (χ0n) is 12.4. The topological polar surface area (TPSA) is 80.7 Å². The molecule has 0 heterocycles. The molecule has 118 valence electrons. The van der Waals surface area contributed by atoms with E-state index in [1.807, 2.05) is 12.1 Å². The molecule has 0 saturated carbocycles. The maximum Gasteiger partial charge on any atom is 0.306 e. The van der Waals surface area contributed by atoms with Gasteiger partial charge in [-0.05, 0) is 30.9 Å². The molecule has 0 bridgehead atoms. The van der Waals surface area contributed by atoms with E-state index in [1.54, 1.807) is 19.1 Å². The van der Waals surface area contributed by atoms with Gasteiger partial charge in [0.2, 0.25) is 0 Å². The highest BCUT2D eigenvalue weighted by atomic mass is 32.2. The number of methoxy groups -OCH3 is 1. The molecule has 0 aliphatic rings. The molecule has 1 N–H and O–H groups in total. The van der Waals surface area contributed by atoms with Crippen molar-refractivity contribution in [2.24, 2.45) is 5.92 Å². The van der Waals surface area contributed by atoms with Gasteiger partial charge in [0.05, 0.1) is 18.8 Å². The lowest BCUT2D eigenvalue weighted by molar-refractivity contribution is -0.141. The molecule has 0 aliphatic carbocycles. The Hall–Kier alpha value is -1.56. The van der Waals surface area contributed by atoms with Crippen molar-refractivity contribution >= 4 is 15.8 Å². The minimum absolute atomic E-state index is 0.0903. The van der Waals surface area contributed by atoms with Crippen LogP contribution in [0.3, 0.4) is 0 Å². The first-order valence-electron chi connectivity index (χ1n) is 6.94. The average Bonchev–Trinajstić information content (AvgIpc) is 2.43. The van der Waals surface area contributed by atoms with Gasteiger partial charge in [-0.2, -0.15) is 0 Å². The van der Waals surface area contributed by atoms with E-state index in [0.29, 0.717) is 12.2 Å². The molecule has 0 aliphatic heterocycles. The van der Waals surface area contributed by atoms with E-state index < -0.39 is 21.7 Å². The lowest BCUT2D eigenvalue weighted by atomic mass is 9.96. The predicted molar refractivity (Wildman–Crippen MR) is 81.4 cm³/mol. The second-order valence-corrected chi connectivity index (χ2v) is 7.30. The fraction of sp³-hybridized carbons (Fsp3) is 0.533. The first-order valence-corrected chi connectivity index (χ1v) is 8.77. The van der Waals surface area contributed by atoms with Crippen molar-refractivity contribution in [2.75, 3.05) is 18.6 Å². The van der Waals surface area contributed by atoms with Gasteiger partial charge < -0.3 is 9.84 Å². The van der Waals surface area contributed by atoms with Gasteiger partial charge in [-0.3, -0.25) is 4.79 Å². The summed E-state index contributed by atoms with van der Waals surface area (Å²) in [6.45, 7) is 1.79. The van der Waals surface area contributed by atoms with Crippen LogP contribution >= 0.6 is 0 Å². The Bertz CT molecular complexity index is 565. The van der Waals surface area contributed by atoms with Crippen molar-refractivity contribution in [2.45, 2.75) is 26.2 Å². The van der Waals surface area contributed by atoms with E-state index in [0.717, 1.165) is 5.56 Å². The third kappa shape index (κ3) is 5.75. The van der Waals surface area contributed by atoms with Crippen LogP contribution in [0.5, 0.6) is 5.75 Å². The molecular weight excluding hydrogens is 292 g/mol. The van der Waals surface area contributed by atoms with Crippen LogP contribution in [0.4, 0.5) is 0 Å². The first kappa shape index (κ1) is 17.5. The number of para-hydroxylation sites is 1. The first-order chi connectivity index (χ1) is 9.89. The Morgan fingerprint density at radius 2 is 1.95 bits per heavy atom. The van der Waals surface area contributed by atoms with E-state index in [-0.39, 0.29) is 24.3 Å². The van der Waals surface area contributed by atoms with Crippen LogP contribution in [0.2, 0.25) is 0 Å². The highest BCUT2D eigenvalue weighted by Crippen LogP contribution is 2.23. The largest absolute Gasteiger partial charge is 0.496 e. The van der Waals surface area contributed by atoms with Crippen LogP contribution in [-0.4, -0.2) is 38.1 Å². The van der Waals surface area contributed by atoms with Crippen LogP contribution < -0.4 is 4.74 Å². The van der Waals surface area contributed by atoms with Gasteiger partial charge in [-0.25, -0.2) is 8.42 Å². The minimum Gasteiger partial charge on any atom is -0.496 e. The molecule has 6 heteroatoms. The van der Waals surface area contributed by atoms with Gasteiger partial charge in [0, 0.05) is 5.75 Å². The molecule has 0 fully saturated rings. The maximum atomic E-state index is 11.7. The van der Waals surface area contributed by atoms with Gasteiger partial charge in [-0.1, -0.05) is 25.1 Å². The SMILES string of the molecule is CCCS(=O)(=O)CCC(Cc1ccccc1OC)C(=O)O. The van der Waals surface area contributed by atoms with Crippen molar-refractivity contribution in [1.29, 1.82) is 0 Å². The van der Waals surface area contributed by atoms with Crippen molar-refractivity contribution in [3.63, 3.8) is 0 Å². The van der Waals surface area contributed by atoms with Crippen LogP contribution in [0.25, 0.3) is 0 Å². The number of hydrogen-bond donors (Lipinski definition) is 1. The number of sulfone groups is 1. The van der Waals surface area contributed by atoms with Gasteiger partial charge in [0.1, 0.15) is 15.6 Å². The molecule has 0 amide bonds. The number of aliphatic carboxylic acids is 1. The number of carboxylic acids is 1. The molecule has 1 aromatic rings. The summed E-state index contributed by atoms with van der Waals surface area (Å²) in [5, 5.41) is 9.29. The zero-order chi connectivity index (χ0) is 15.9. The van der Waals surface area contributed by atoms with Crippen molar-refractivity contribution < 1.29 is 23.1 Å². The Morgan fingerprint density at radius 3 is 2.52 bits per heavy atom. The second-order valence-electron chi connectivity index (χ2n) is 4.99. The van der Waals surface area contributed by atoms with E-state index in [4.69, 9.17) is 4.74 Å². The van der Waals surface area contributed by atoms with Crippen molar-refractivity contribution in [1.82, 2.24) is 0 Å². The second kappa shape index (κ2) is 8.02. The highest BCUT2D eigenvalue weighted by molar-refractivity contribution is 7.91. The molecule has 0 aromatic heterocycles. The fourth-order valence-electron chi connectivity index (χ4n) is 2.18. The number of ether oxygens (including phenoxy) is 1. The summed E-state index contributed by atoms with van der Waals surface area (Å²) >= 11 is 0. The maximum absolute atomic E-state index is 11.7. The Kier molecular flexibility index (Phi) is 6.68. The summed E-state index contributed by atoms with van der Waals surface area (Å²) in [5.74, 6) is -1.07. The molecule has 1 aromatic carbocycles. The lowest BCUT2D eigenvalue weighted by Crippen LogP contribution is -2.22. The standard InChI is InChI=1S/C15H22O5S/c1-3-9-21(18,19)10-8-13(15(16)17)11-12-6-4-5-7-14(12)20-2/h4-7,13H,3,8-11H2,1-2H3,(H,16,17). The smallest absolute Gasteiger partial charge is 0.306 e. The summed E-state index contributed by atoms with van der Waals surface area (Å²) in [6.07, 6.45) is 0.934. The fourth-order valence-corrected chi connectivity index (χ4v) is 3.65. The normalized spacial score (nSPS) is 12.9. The number of carbonyl (C=O) groups is 1. The molecule has 1 rings (SSSR count). The van der Waals surface area contributed by atoms with E-state index in [1.165, 1.54) is 7.11 Å². The third-order valence-corrected chi connectivity index (χ3v) is 5.19. The summed E-state index contributed by atoms with van der Waals surface area (Å²) in [4.78, 5) is 11.3.